The Bertz CT molecular complexity index is 1030. The van der Waals surface area contributed by atoms with Crippen LogP contribution in [0.5, 0.6) is 0 Å². The van der Waals surface area contributed by atoms with Gasteiger partial charge in [0.1, 0.15) is 0 Å². The van der Waals surface area contributed by atoms with Gasteiger partial charge in [0.2, 0.25) is 0 Å². The Hall–Kier alpha value is -2.22. The second kappa shape index (κ2) is 6.69. The van der Waals surface area contributed by atoms with Gasteiger partial charge in [-0.05, 0) is 74.4 Å². The lowest BCUT2D eigenvalue weighted by atomic mass is 9.87. The highest BCUT2D eigenvalue weighted by atomic mass is 15.2. The average molecular weight is 375 g/mol. The summed E-state index contributed by atoms with van der Waals surface area (Å²) in [6.07, 6.45) is 3.41. The summed E-state index contributed by atoms with van der Waals surface area (Å²) in [5, 5.41) is 1.41. The molecule has 3 aromatic rings. The predicted molar refractivity (Wildman–Crippen MR) is 123 cm³/mol. The molecule has 0 aliphatic carbocycles. The Balaban J connectivity index is 2.08. The fourth-order valence-electron chi connectivity index (χ4n) is 5.61. The maximum atomic E-state index is 2.58. The van der Waals surface area contributed by atoms with E-state index in [1.807, 2.05) is 0 Å². The van der Waals surface area contributed by atoms with Crippen LogP contribution in [0, 0.1) is 13.8 Å². The molecule has 0 N–H and O–H groups in total. The monoisotopic (exact) mass is 374 g/mol. The highest BCUT2D eigenvalue weighted by Crippen LogP contribution is 2.47. The molecule has 1 aliphatic heterocycles. The second-order valence-electron chi connectivity index (χ2n) is 9.18. The van der Waals surface area contributed by atoms with Gasteiger partial charge in [-0.15, -0.1) is 0 Å². The number of likely N-dealkylation sites (N-methyl/N-ethyl adjacent to an activating group) is 1. The second-order valence-corrected chi connectivity index (χ2v) is 9.18. The fraction of sp³-hybridized carbons (Fsp3) is 0.462. The number of anilines is 1. The van der Waals surface area contributed by atoms with Gasteiger partial charge in [-0.25, -0.2) is 0 Å². The highest BCUT2D eigenvalue weighted by Gasteiger charge is 2.34. The molecule has 0 radical (unpaired) electrons. The molecule has 28 heavy (non-hydrogen) atoms. The maximum Gasteiger partial charge on any atom is 0.0735 e. The van der Waals surface area contributed by atoms with Crippen LogP contribution in [-0.2, 0) is 18.4 Å². The number of rotatable bonds is 4. The molecule has 1 aromatic heterocycles. The molecule has 2 heteroatoms. The van der Waals surface area contributed by atoms with E-state index in [9.17, 15) is 0 Å². The third kappa shape index (κ3) is 2.69. The largest absolute Gasteiger partial charge is 0.370 e. The first-order chi connectivity index (χ1) is 13.3. The number of nitrogens with zero attached hydrogens (tertiary/aromatic N) is 2. The zero-order valence-electron chi connectivity index (χ0n) is 18.6. The average Bonchev–Trinajstić information content (AvgIpc) is 2.98. The summed E-state index contributed by atoms with van der Waals surface area (Å²) in [5.74, 6) is 0. The summed E-state index contributed by atoms with van der Waals surface area (Å²) in [7, 11) is 2.26. The van der Waals surface area contributed by atoms with Crippen LogP contribution in [0.4, 0.5) is 5.69 Å². The first kappa shape index (κ1) is 19.1. The van der Waals surface area contributed by atoms with Crippen LogP contribution in [0.1, 0.15) is 56.5 Å². The van der Waals surface area contributed by atoms with Crippen molar-refractivity contribution < 1.29 is 0 Å². The third-order valence-corrected chi connectivity index (χ3v) is 6.53. The Kier molecular flexibility index (Phi) is 4.56. The Morgan fingerprint density at radius 3 is 2.32 bits per heavy atom. The summed E-state index contributed by atoms with van der Waals surface area (Å²) < 4.78 is 2.58. The Morgan fingerprint density at radius 1 is 1.04 bits per heavy atom. The van der Waals surface area contributed by atoms with E-state index in [2.05, 4.69) is 88.4 Å². The number of aryl methyl sites for hydroxylation is 2. The lowest BCUT2D eigenvalue weighted by Gasteiger charge is -2.41. The van der Waals surface area contributed by atoms with Gasteiger partial charge in [0, 0.05) is 24.7 Å². The number of benzene rings is 2. The van der Waals surface area contributed by atoms with E-state index in [0.29, 0.717) is 0 Å². The molecule has 0 saturated carbocycles. The van der Waals surface area contributed by atoms with Crippen LogP contribution in [0.3, 0.4) is 0 Å². The first-order valence-corrected chi connectivity index (χ1v) is 10.8. The molecule has 0 saturated heterocycles. The van der Waals surface area contributed by atoms with Crippen molar-refractivity contribution >= 4 is 16.6 Å². The molecule has 0 spiro atoms. The van der Waals surface area contributed by atoms with Crippen LogP contribution in [-0.4, -0.2) is 18.2 Å². The molecule has 2 aromatic carbocycles. The quantitative estimate of drug-likeness (QED) is 0.498. The molecule has 4 rings (SSSR count). The zero-order chi connectivity index (χ0) is 20.2. The van der Waals surface area contributed by atoms with Crippen LogP contribution < -0.4 is 4.90 Å². The summed E-state index contributed by atoms with van der Waals surface area (Å²) >= 11 is 0. The van der Waals surface area contributed by atoms with E-state index in [-0.39, 0.29) is 5.54 Å². The molecule has 0 bridgehead atoms. The van der Waals surface area contributed by atoms with Crippen molar-refractivity contribution in [2.45, 2.75) is 66.3 Å². The normalized spacial score (nSPS) is 15.5. The lowest BCUT2D eigenvalue weighted by molar-refractivity contribution is 0.357. The molecule has 0 atom stereocenters. The minimum Gasteiger partial charge on any atom is -0.370 e. The number of hydrogen-bond acceptors (Lipinski definition) is 1. The summed E-state index contributed by atoms with van der Waals surface area (Å²) in [6, 6.07) is 11.7. The number of aromatic nitrogens is 1. The lowest BCUT2D eigenvalue weighted by Crippen LogP contribution is -2.43. The van der Waals surface area contributed by atoms with Gasteiger partial charge >= 0.3 is 0 Å². The van der Waals surface area contributed by atoms with Crippen molar-refractivity contribution in [1.82, 2.24) is 4.57 Å². The molecule has 148 valence electrons. The smallest absolute Gasteiger partial charge is 0.0735 e. The zero-order valence-corrected chi connectivity index (χ0v) is 18.6. The van der Waals surface area contributed by atoms with Crippen molar-refractivity contribution in [2.24, 2.45) is 0 Å². The predicted octanol–water partition coefficient (Wildman–Crippen LogP) is 6.62. The van der Waals surface area contributed by atoms with E-state index in [1.54, 1.807) is 0 Å². The molecular formula is C26H34N2. The van der Waals surface area contributed by atoms with Crippen LogP contribution in [0.25, 0.3) is 22.0 Å². The maximum absolute atomic E-state index is 2.58. The van der Waals surface area contributed by atoms with Crippen molar-refractivity contribution in [2.75, 3.05) is 18.5 Å². The van der Waals surface area contributed by atoms with E-state index in [1.165, 1.54) is 56.5 Å². The standard InChI is InChI=1S/C26H34N2/c1-8-10-19-11-13-20(14-12-19)23-21(9-2)18(4)24-25-22(23)15-17(3)28(25)26(5,6)16-27(24)7/h11-15H,8-10,16H2,1-7H3. The van der Waals surface area contributed by atoms with Gasteiger partial charge in [0.15, 0.2) is 0 Å². The molecule has 1 aliphatic rings. The first-order valence-electron chi connectivity index (χ1n) is 10.8. The van der Waals surface area contributed by atoms with Gasteiger partial charge in [-0.1, -0.05) is 44.5 Å². The van der Waals surface area contributed by atoms with Crippen molar-refractivity contribution in [3.8, 4) is 11.1 Å². The van der Waals surface area contributed by atoms with Crippen molar-refractivity contribution in [3.05, 3.63) is 52.7 Å². The van der Waals surface area contributed by atoms with Gasteiger partial charge in [0.25, 0.3) is 0 Å². The van der Waals surface area contributed by atoms with Gasteiger partial charge in [-0.3, -0.25) is 0 Å². The molecule has 2 nitrogen and oxygen atoms in total. The molecular weight excluding hydrogens is 340 g/mol. The topological polar surface area (TPSA) is 8.17 Å². The third-order valence-electron chi connectivity index (χ3n) is 6.53. The molecule has 2 heterocycles. The van der Waals surface area contributed by atoms with Crippen LogP contribution in [0.15, 0.2) is 30.3 Å². The minimum atomic E-state index is 0.0933. The summed E-state index contributed by atoms with van der Waals surface area (Å²) in [4.78, 5) is 2.48. The highest BCUT2D eigenvalue weighted by molar-refractivity contribution is 6.06. The summed E-state index contributed by atoms with van der Waals surface area (Å²) in [5.41, 5.74) is 11.5. The SMILES string of the molecule is CCCc1ccc(-c2c(CC)c(C)c3c4c2cc(C)n4C(C)(C)CN3C)cc1. The Labute approximate surface area is 170 Å². The number of hydrogen-bond donors (Lipinski definition) is 0. The minimum absolute atomic E-state index is 0.0933. The van der Waals surface area contributed by atoms with Crippen molar-refractivity contribution in [3.63, 3.8) is 0 Å². The van der Waals surface area contributed by atoms with E-state index < -0.39 is 0 Å². The van der Waals surface area contributed by atoms with Crippen LogP contribution in [0.2, 0.25) is 0 Å². The van der Waals surface area contributed by atoms with Crippen LogP contribution >= 0.6 is 0 Å². The molecule has 0 fully saturated rings. The van der Waals surface area contributed by atoms with Gasteiger partial charge < -0.3 is 9.47 Å². The van der Waals surface area contributed by atoms with E-state index in [0.717, 1.165) is 19.4 Å². The van der Waals surface area contributed by atoms with Gasteiger partial charge in [-0.2, -0.15) is 0 Å². The summed E-state index contributed by atoms with van der Waals surface area (Å²) in [6.45, 7) is 14.9. The molecule has 0 amide bonds. The Morgan fingerprint density at radius 2 is 1.71 bits per heavy atom. The van der Waals surface area contributed by atoms with Gasteiger partial charge in [0.05, 0.1) is 16.7 Å². The van der Waals surface area contributed by atoms with E-state index >= 15 is 0 Å². The van der Waals surface area contributed by atoms with E-state index in [4.69, 9.17) is 0 Å². The molecule has 0 unspecified atom stereocenters. The fourth-order valence-corrected chi connectivity index (χ4v) is 5.61. The van der Waals surface area contributed by atoms with Crippen molar-refractivity contribution in [1.29, 1.82) is 0 Å².